The van der Waals surface area contributed by atoms with E-state index < -0.39 is 0 Å². The molecule has 4 nitrogen and oxygen atoms in total. The molecule has 1 saturated heterocycles. The zero-order chi connectivity index (χ0) is 19.1. The van der Waals surface area contributed by atoms with E-state index in [0.29, 0.717) is 18.9 Å². The molecule has 0 saturated carbocycles. The second kappa shape index (κ2) is 11.1. The molecule has 152 valence electrons. The Labute approximate surface area is 174 Å². The quantitative estimate of drug-likeness (QED) is 0.761. The largest absolute Gasteiger partial charge is 0.489 e. The molecule has 0 radical (unpaired) electrons. The first-order valence-corrected chi connectivity index (χ1v) is 9.83. The average molecular weight is 403 g/mol. The molecule has 1 fully saturated rings. The van der Waals surface area contributed by atoms with Gasteiger partial charge in [0, 0.05) is 13.1 Å². The number of hydrogen-bond donors (Lipinski definition) is 1. The molecule has 2 aromatic rings. The Morgan fingerprint density at radius 2 is 1.96 bits per heavy atom. The molecule has 2 aromatic carbocycles. The summed E-state index contributed by atoms with van der Waals surface area (Å²) in [5.41, 5.74) is 3.39. The summed E-state index contributed by atoms with van der Waals surface area (Å²) in [6.07, 6.45) is 2.73. The minimum absolute atomic E-state index is 0. The fraction of sp³-hybridized carbons (Fsp3) is 0.435. The Hall–Kier alpha value is -2.04. The maximum Gasteiger partial charge on any atom is 0.227 e. The minimum atomic E-state index is 0. The van der Waals surface area contributed by atoms with Gasteiger partial charge in [-0.2, -0.15) is 0 Å². The highest BCUT2D eigenvalue weighted by atomic mass is 35.5. The van der Waals surface area contributed by atoms with Crippen LogP contribution in [0, 0.1) is 12.8 Å². The van der Waals surface area contributed by atoms with Crippen molar-refractivity contribution in [3.05, 3.63) is 65.2 Å². The molecule has 1 unspecified atom stereocenters. The number of amides is 1. The molecule has 3 rings (SSSR count). The van der Waals surface area contributed by atoms with Crippen molar-refractivity contribution >= 4 is 18.3 Å². The number of rotatable bonds is 7. The Balaban J connectivity index is 0.00000280. The molecule has 28 heavy (non-hydrogen) atoms. The summed E-state index contributed by atoms with van der Waals surface area (Å²) in [6.45, 7) is 5.34. The summed E-state index contributed by atoms with van der Waals surface area (Å²) in [6, 6.07) is 16.2. The zero-order valence-electron chi connectivity index (χ0n) is 16.8. The van der Waals surface area contributed by atoms with Crippen molar-refractivity contribution < 1.29 is 9.53 Å². The first-order valence-electron chi connectivity index (χ1n) is 9.83. The average Bonchev–Trinajstić information content (AvgIpc) is 2.67. The summed E-state index contributed by atoms with van der Waals surface area (Å²) in [4.78, 5) is 14.7. The molecule has 1 atom stereocenters. The summed E-state index contributed by atoms with van der Waals surface area (Å²) >= 11 is 0. The molecular formula is C23H31ClN2O2. The van der Waals surface area contributed by atoms with Crippen LogP contribution in [-0.4, -0.2) is 37.5 Å². The number of carbonyl (C=O) groups is 1. The summed E-state index contributed by atoms with van der Waals surface area (Å²) < 4.78 is 5.93. The van der Waals surface area contributed by atoms with Gasteiger partial charge in [-0.25, -0.2) is 0 Å². The lowest BCUT2D eigenvalue weighted by Crippen LogP contribution is -2.43. The van der Waals surface area contributed by atoms with Gasteiger partial charge in [0.25, 0.3) is 0 Å². The van der Waals surface area contributed by atoms with Crippen molar-refractivity contribution in [2.45, 2.75) is 32.8 Å². The predicted octanol–water partition coefficient (Wildman–Crippen LogP) is 4.00. The topological polar surface area (TPSA) is 41.6 Å². The molecule has 0 aromatic heterocycles. The Morgan fingerprint density at radius 1 is 1.18 bits per heavy atom. The summed E-state index contributed by atoms with van der Waals surface area (Å²) in [5.74, 6) is 1.59. The third kappa shape index (κ3) is 6.54. The van der Waals surface area contributed by atoms with Crippen LogP contribution in [0.5, 0.6) is 5.75 Å². The van der Waals surface area contributed by atoms with Crippen LogP contribution in [-0.2, 0) is 17.8 Å². The van der Waals surface area contributed by atoms with Gasteiger partial charge < -0.3 is 15.0 Å². The van der Waals surface area contributed by atoms with Crippen molar-refractivity contribution in [1.82, 2.24) is 10.2 Å². The van der Waals surface area contributed by atoms with E-state index in [0.717, 1.165) is 42.9 Å². The van der Waals surface area contributed by atoms with Crippen LogP contribution in [0.4, 0.5) is 0 Å². The third-order valence-corrected chi connectivity index (χ3v) is 5.11. The van der Waals surface area contributed by atoms with Crippen LogP contribution in [0.25, 0.3) is 0 Å². The van der Waals surface area contributed by atoms with Gasteiger partial charge in [0.1, 0.15) is 12.4 Å². The Bertz CT molecular complexity index is 764. The second-order valence-electron chi connectivity index (χ2n) is 7.51. The van der Waals surface area contributed by atoms with Crippen LogP contribution in [0.3, 0.4) is 0 Å². The van der Waals surface area contributed by atoms with Crippen molar-refractivity contribution in [1.29, 1.82) is 0 Å². The van der Waals surface area contributed by atoms with E-state index in [1.54, 1.807) is 0 Å². The maximum absolute atomic E-state index is 12.7. The van der Waals surface area contributed by atoms with Gasteiger partial charge in [-0.15, -0.1) is 12.4 Å². The fourth-order valence-electron chi connectivity index (χ4n) is 3.75. The molecule has 1 amide bonds. The molecular weight excluding hydrogens is 372 g/mol. The number of carbonyl (C=O) groups excluding carboxylic acids is 1. The van der Waals surface area contributed by atoms with Crippen LogP contribution in [0.2, 0.25) is 0 Å². The van der Waals surface area contributed by atoms with Crippen molar-refractivity contribution in [3.63, 3.8) is 0 Å². The van der Waals surface area contributed by atoms with E-state index in [1.165, 1.54) is 12.0 Å². The van der Waals surface area contributed by atoms with Crippen LogP contribution in [0.1, 0.15) is 29.5 Å². The number of ether oxygens (including phenoxy) is 1. The fourth-order valence-corrected chi connectivity index (χ4v) is 3.75. The van der Waals surface area contributed by atoms with Gasteiger partial charge >= 0.3 is 0 Å². The van der Waals surface area contributed by atoms with E-state index >= 15 is 0 Å². The van der Waals surface area contributed by atoms with Gasteiger partial charge in [-0.3, -0.25) is 4.79 Å². The number of nitrogens with one attached hydrogen (secondary N) is 1. The highest BCUT2D eigenvalue weighted by Crippen LogP contribution is 2.19. The van der Waals surface area contributed by atoms with Gasteiger partial charge in [0.05, 0.1) is 6.42 Å². The predicted molar refractivity (Wildman–Crippen MR) is 116 cm³/mol. The number of halogens is 1. The van der Waals surface area contributed by atoms with Crippen molar-refractivity contribution in [3.8, 4) is 5.75 Å². The molecule has 0 bridgehead atoms. The third-order valence-electron chi connectivity index (χ3n) is 5.11. The number of hydrogen-bond acceptors (Lipinski definition) is 3. The van der Waals surface area contributed by atoms with Gasteiger partial charge in [-0.1, -0.05) is 42.0 Å². The van der Waals surface area contributed by atoms with Crippen molar-refractivity contribution in [2.24, 2.45) is 5.92 Å². The molecule has 0 spiro atoms. The Morgan fingerprint density at radius 3 is 2.75 bits per heavy atom. The van der Waals surface area contributed by atoms with E-state index in [4.69, 9.17) is 4.74 Å². The summed E-state index contributed by atoms with van der Waals surface area (Å²) in [7, 11) is 1.98. The van der Waals surface area contributed by atoms with Crippen LogP contribution < -0.4 is 10.1 Å². The molecule has 1 aliphatic heterocycles. The highest BCUT2D eigenvalue weighted by Gasteiger charge is 2.23. The second-order valence-corrected chi connectivity index (χ2v) is 7.51. The number of aryl methyl sites for hydroxylation is 1. The number of benzene rings is 2. The number of piperidine rings is 1. The standard InChI is InChI=1S/C23H30N2O2.ClH/c1-18-6-3-8-20(12-18)17-27-22-10-4-7-19(13-22)14-23(26)25-11-5-9-21(16-25)15-24-2;/h3-4,6-8,10,12-13,21,24H,5,9,11,14-17H2,1-2H3;1H. The molecule has 1 aliphatic rings. The molecule has 0 aliphatic carbocycles. The van der Waals surface area contributed by atoms with Gasteiger partial charge in [0.15, 0.2) is 0 Å². The van der Waals surface area contributed by atoms with Gasteiger partial charge in [-0.05, 0) is 62.5 Å². The van der Waals surface area contributed by atoms with E-state index in [-0.39, 0.29) is 18.3 Å². The lowest BCUT2D eigenvalue weighted by atomic mass is 9.97. The van der Waals surface area contributed by atoms with Gasteiger partial charge in [0.2, 0.25) is 5.91 Å². The highest BCUT2D eigenvalue weighted by molar-refractivity contribution is 5.85. The molecule has 1 N–H and O–H groups in total. The van der Waals surface area contributed by atoms with Crippen molar-refractivity contribution in [2.75, 3.05) is 26.7 Å². The maximum atomic E-state index is 12.7. The number of nitrogens with zero attached hydrogens (tertiary/aromatic N) is 1. The molecule has 5 heteroatoms. The SMILES string of the molecule is CNCC1CCCN(C(=O)Cc2cccc(OCc3cccc(C)c3)c2)C1.Cl. The lowest BCUT2D eigenvalue weighted by Gasteiger charge is -2.32. The Kier molecular flexibility index (Phi) is 8.81. The van der Waals surface area contributed by atoms with E-state index in [1.807, 2.05) is 42.3 Å². The normalized spacial score (nSPS) is 16.4. The van der Waals surface area contributed by atoms with E-state index in [9.17, 15) is 4.79 Å². The first kappa shape index (κ1) is 22.3. The summed E-state index contributed by atoms with van der Waals surface area (Å²) in [5, 5.41) is 3.23. The lowest BCUT2D eigenvalue weighted by molar-refractivity contribution is -0.132. The smallest absolute Gasteiger partial charge is 0.227 e. The molecule has 1 heterocycles. The first-order chi connectivity index (χ1) is 13.1. The minimum Gasteiger partial charge on any atom is -0.489 e. The zero-order valence-corrected chi connectivity index (χ0v) is 17.6. The monoisotopic (exact) mass is 402 g/mol. The number of likely N-dealkylation sites (tertiary alicyclic amines) is 1. The van der Waals surface area contributed by atoms with Crippen LogP contribution in [0.15, 0.2) is 48.5 Å². The van der Waals surface area contributed by atoms with Crippen LogP contribution >= 0.6 is 12.4 Å². The van der Waals surface area contributed by atoms with E-state index in [2.05, 4.69) is 30.4 Å².